The highest BCUT2D eigenvalue weighted by molar-refractivity contribution is 5.95. The Labute approximate surface area is 180 Å². The third kappa shape index (κ3) is 9.72. The Kier molecular flexibility index (Phi) is 10.1. The maximum absolute atomic E-state index is 12.2. The van der Waals surface area contributed by atoms with Crippen molar-refractivity contribution in [2.75, 3.05) is 13.1 Å². The minimum absolute atomic E-state index is 0.0707. The van der Waals surface area contributed by atoms with E-state index in [9.17, 15) is 19.2 Å². The molecule has 1 unspecified atom stereocenters. The number of nitrogen functional groups attached to an aromatic ring is 1. The van der Waals surface area contributed by atoms with Gasteiger partial charge >= 0.3 is 5.97 Å². The molecule has 0 bridgehead atoms. The van der Waals surface area contributed by atoms with Crippen molar-refractivity contribution in [3.05, 3.63) is 35.4 Å². The van der Waals surface area contributed by atoms with Gasteiger partial charge < -0.3 is 32.5 Å². The molecular formula is C20H30N6O5. The number of amides is 3. The molecule has 0 heterocycles. The molecule has 31 heavy (non-hydrogen) atoms. The van der Waals surface area contributed by atoms with Crippen LogP contribution in [0.2, 0.25) is 0 Å². The number of hydrogen-bond donors (Lipinski definition) is 7. The molecule has 0 fully saturated rings. The molecule has 0 saturated carbocycles. The second-order valence-corrected chi connectivity index (χ2v) is 7.50. The van der Waals surface area contributed by atoms with Gasteiger partial charge in [0.25, 0.3) is 0 Å². The average Bonchev–Trinajstić information content (AvgIpc) is 2.69. The smallest absolute Gasteiger partial charge is 0.305 e. The van der Waals surface area contributed by atoms with Crippen LogP contribution in [-0.2, 0) is 25.6 Å². The fraction of sp³-hybridized carbons (Fsp3) is 0.450. The highest BCUT2D eigenvalue weighted by Crippen LogP contribution is 2.06. The van der Waals surface area contributed by atoms with Crippen molar-refractivity contribution < 1.29 is 24.3 Å². The van der Waals surface area contributed by atoms with E-state index in [1.54, 1.807) is 24.3 Å². The van der Waals surface area contributed by atoms with E-state index >= 15 is 0 Å². The van der Waals surface area contributed by atoms with Gasteiger partial charge in [0.1, 0.15) is 11.9 Å². The van der Waals surface area contributed by atoms with Gasteiger partial charge in [-0.05, 0) is 17.9 Å². The van der Waals surface area contributed by atoms with Crippen LogP contribution in [0.4, 0.5) is 0 Å². The Hall–Kier alpha value is -3.47. The summed E-state index contributed by atoms with van der Waals surface area (Å²) in [5.41, 5.74) is 12.6. The van der Waals surface area contributed by atoms with Gasteiger partial charge in [-0.1, -0.05) is 38.1 Å². The van der Waals surface area contributed by atoms with E-state index in [4.69, 9.17) is 22.0 Å². The van der Waals surface area contributed by atoms with E-state index < -0.39 is 48.7 Å². The Morgan fingerprint density at radius 1 is 1.06 bits per heavy atom. The van der Waals surface area contributed by atoms with Gasteiger partial charge in [0.15, 0.2) is 0 Å². The van der Waals surface area contributed by atoms with Crippen molar-refractivity contribution in [1.82, 2.24) is 16.0 Å². The van der Waals surface area contributed by atoms with Crippen LogP contribution in [0.25, 0.3) is 0 Å². The van der Waals surface area contributed by atoms with Crippen molar-refractivity contribution in [1.29, 1.82) is 5.41 Å². The summed E-state index contributed by atoms with van der Waals surface area (Å²) < 4.78 is 0. The van der Waals surface area contributed by atoms with Crippen molar-refractivity contribution in [2.45, 2.75) is 38.8 Å². The number of carboxylic acid groups (broad SMARTS) is 1. The zero-order chi connectivity index (χ0) is 23.6. The molecule has 0 aliphatic carbocycles. The van der Waals surface area contributed by atoms with E-state index in [0.717, 1.165) is 5.56 Å². The summed E-state index contributed by atoms with van der Waals surface area (Å²) in [6, 6.07) is 4.49. The lowest BCUT2D eigenvalue weighted by molar-refractivity contribution is -0.140. The number of hydrogen-bond acceptors (Lipinski definition) is 6. The SMILES string of the molecule is CC(C)CNC(=O)[C@H](CC(=O)O)NC(=O)CNC(=O)C(N)Cc1ccc(C(=N)N)cc1. The summed E-state index contributed by atoms with van der Waals surface area (Å²) in [5.74, 6) is -3.06. The van der Waals surface area contributed by atoms with Crippen LogP contribution in [0.5, 0.6) is 0 Å². The first-order valence-electron chi connectivity index (χ1n) is 9.75. The zero-order valence-corrected chi connectivity index (χ0v) is 17.6. The van der Waals surface area contributed by atoms with Crippen LogP contribution in [-0.4, -0.2) is 59.8 Å². The molecule has 0 saturated heterocycles. The summed E-state index contributed by atoms with van der Waals surface area (Å²) in [6.07, 6.45) is -0.385. The minimum atomic E-state index is -1.26. The second kappa shape index (κ2) is 12.3. The molecule has 2 atom stereocenters. The van der Waals surface area contributed by atoms with Crippen LogP contribution >= 0.6 is 0 Å². The Morgan fingerprint density at radius 2 is 1.68 bits per heavy atom. The van der Waals surface area contributed by atoms with Gasteiger partial charge in [0, 0.05) is 12.1 Å². The third-order valence-electron chi connectivity index (χ3n) is 4.20. The first-order chi connectivity index (χ1) is 14.5. The molecule has 0 aliphatic heterocycles. The maximum atomic E-state index is 12.2. The zero-order valence-electron chi connectivity index (χ0n) is 17.6. The summed E-state index contributed by atoms with van der Waals surface area (Å²) >= 11 is 0. The van der Waals surface area contributed by atoms with Crippen molar-refractivity contribution >= 4 is 29.5 Å². The first-order valence-corrected chi connectivity index (χ1v) is 9.75. The largest absolute Gasteiger partial charge is 0.481 e. The predicted molar refractivity (Wildman–Crippen MR) is 114 cm³/mol. The minimum Gasteiger partial charge on any atom is -0.481 e. The summed E-state index contributed by atoms with van der Waals surface area (Å²) in [4.78, 5) is 47.4. The van der Waals surface area contributed by atoms with E-state index in [1.165, 1.54) is 0 Å². The molecule has 1 aromatic carbocycles. The normalized spacial score (nSPS) is 12.5. The summed E-state index contributed by atoms with van der Waals surface area (Å²) in [5, 5.41) is 23.6. The highest BCUT2D eigenvalue weighted by atomic mass is 16.4. The van der Waals surface area contributed by atoms with Gasteiger partial charge in [-0.15, -0.1) is 0 Å². The molecule has 11 nitrogen and oxygen atoms in total. The fourth-order valence-electron chi connectivity index (χ4n) is 2.52. The molecule has 0 radical (unpaired) electrons. The lowest BCUT2D eigenvalue weighted by Crippen LogP contribution is -2.52. The van der Waals surface area contributed by atoms with E-state index in [-0.39, 0.29) is 18.2 Å². The van der Waals surface area contributed by atoms with Gasteiger partial charge in [-0.3, -0.25) is 24.6 Å². The second-order valence-electron chi connectivity index (χ2n) is 7.50. The molecule has 3 amide bonds. The van der Waals surface area contributed by atoms with Gasteiger partial charge in [-0.2, -0.15) is 0 Å². The van der Waals surface area contributed by atoms with Gasteiger partial charge in [0.05, 0.1) is 19.0 Å². The monoisotopic (exact) mass is 434 g/mol. The van der Waals surface area contributed by atoms with Gasteiger partial charge in [-0.25, -0.2) is 0 Å². The van der Waals surface area contributed by atoms with Crippen LogP contribution in [0.15, 0.2) is 24.3 Å². The lowest BCUT2D eigenvalue weighted by atomic mass is 10.0. The number of carbonyl (C=O) groups is 4. The molecule has 1 rings (SSSR count). The molecule has 170 valence electrons. The van der Waals surface area contributed by atoms with E-state index in [1.807, 2.05) is 13.8 Å². The maximum Gasteiger partial charge on any atom is 0.305 e. The fourth-order valence-corrected chi connectivity index (χ4v) is 2.52. The number of nitrogens with one attached hydrogen (secondary N) is 4. The molecule has 0 spiro atoms. The number of benzene rings is 1. The number of aliphatic carboxylic acids is 1. The van der Waals surface area contributed by atoms with Crippen molar-refractivity contribution in [3.8, 4) is 0 Å². The standard InChI is InChI=1S/C20H30N6O5/c1-11(2)9-24-20(31)15(8-17(28)29)26-16(27)10-25-19(30)14(21)7-12-3-5-13(6-4-12)18(22)23/h3-6,11,14-15H,7-10,21H2,1-2H3,(H3,22,23)(H,24,31)(H,25,30)(H,26,27)(H,28,29)/t14?,15-/m0/s1. The predicted octanol–water partition coefficient (Wildman–Crippen LogP) is -1.31. The Balaban J connectivity index is 2.55. The number of amidine groups is 1. The van der Waals surface area contributed by atoms with Crippen LogP contribution in [0, 0.1) is 11.3 Å². The summed E-state index contributed by atoms with van der Waals surface area (Å²) in [6.45, 7) is 3.64. The number of nitrogens with two attached hydrogens (primary N) is 2. The van der Waals surface area contributed by atoms with Crippen molar-refractivity contribution in [3.63, 3.8) is 0 Å². The van der Waals surface area contributed by atoms with Crippen molar-refractivity contribution in [2.24, 2.45) is 17.4 Å². The lowest BCUT2D eigenvalue weighted by Gasteiger charge is -2.18. The molecule has 0 aliphatic rings. The van der Waals surface area contributed by atoms with Gasteiger partial charge in [0.2, 0.25) is 17.7 Å². The Morgan fingerprint density at radius 3 is 2.19 bits per heavy atom. The van der Waals surface area contributed by atoms with Crippen LogP contribution < -0.4 is 27.4 Å². The number of carboxylic acids is 1. The third-order valence-corrected chi connectivity index (χ3v) is 4.20. The molecular weight excluding hydrogens is 404 g/mol. The average molecular weight is 434 g/mol. The molecule has 9 N–H and O–H groups in total. The molecule has 1 aromatic rings. The molecule has 11 heteroatoms. The molecule has 0 aromatic heterocycles. The van der Waals surface area contributed by atoms with Crippen LogP contribution in [0.1, 0.15) is 31.4 Å². The van der Waals surface area contributed by atoms with E-state index in [0.29, 0.717) is 12.1 Å². The number of rotatable bonds is 12. The van der Waals surface area contributed by atoms with Crippen LogP contribution in [0.3, 0.4) is 0 Å². The Bertz CT molecular complexity index is 809. The highest BCUT2D eigenvalue weighted by Gasteiger charge is 2.24. The van der Waals surface area contributed by atoms with E-state index in [2.05, 4.69) is 16.0 Å². The summed E-state index contributed by atoms with van der Waals surface area (Å²) in [7, 11) is 0. The quantitative estimate of drug-likeness (QED) is 0.156. The number of carbonyl (C=O) groups excluding carboxylic acids is 3. The topological polar surface area (TPSA) is 200 Å². The first kappa shape index (κ1) is 25.6.